The molecule has 0 saturated carbocycles. The normalized spacial score (nSPS) is 17.1. The lowest BCUT2D eigenvalue weighted by atomic mass is 9.99. The number of thioether (sulfide) groups is 1. The van der Waals surface area contributed by atoms with E-state index in [9.17, 15) is 14.7 Å². The molecule has 1 fully saturated rings. The fourth-order valence-corrected chi connectivity index (χ4v) is 6.88. The van der Waals surface area contributed by atoms with E-state index in [1.165, 1.54) is 0 Å². The van der Waals surface area contributed by atoms with Gasteiger partial charge < -0.3 is 35.5 Å². The van der Waals surface area contributed by atoms with Gasteiger partial charge in [-0.05, 0) is 58.9 Å². The molecule has 1 saturated heterocycles. The molecule has 3 atom stereocenters. The number of carbonyl (C=O) groups is 2. The maximum Gasteiger partial charge on any atom is 0.224 e. The summed E-state index contributed by atoms with van der Waals surface area (Å²) in [6, 6.07) is 31.3. The number of para-hydroxylation sites is 2. The molecule has 0 aliphatic carbocycles. The molecular weight excluding hydrogens is 677 g/mol. The molecule has 1 aliphatic heterocycles. The highest BCUT2D eigenvalue weighted by molar-refractivity contribution is 7.99. The standard InChI is InChI=1S/C40H44N6O5S/c1-46-26-43-45-40(46)52-25-33-22-36(30-15-13-27(24-47)14-16-30)51-39(50-33)31-19-17-29(18-20-31)32-8-6-7-28(21-32)23-42-37(48)11-4-5-12-38(49)44-35-10-3-2-9-34(35)41/h2-3,6-10,13-21,26,33,36,39,47H,4-5,11-12,22-25,41H2,1H3,(H,42,48)(H,44,49). The molecule has 1 aromatic heterocycles. The van der Waals surface area contributed by atoms with Crippen molar-refractivity contribution in [2.75, 3.05) is 16.8 Å². The lowest BCUT2D eigenvalue weighted by Crippen LogP contribution is -2.31. The van der Waals surface area contributed by atoms with Crippen LogP contribution in [0.2, 0.25) is 0 Å². The number of aliphatic hydroxyl groups is 1. The zero-order valence-corrected chi connectivity index (χ0v) is 29.9. The van der Waals surface area contributed by atoms with Gasteiger partial charge in [0.1, 0.15) is 6.33 Å². The summed E-state index contributed by atoms with van der Waals surface area (Å²) in [7, 11) is 1.92. The molecule has 3 unspecified atom stereocenters. The van der Waals surface area contributed by atoms with Gasteiger partial charge in [0, 0.05) is 44.2 Å². The Hall–Kier alpha value is -5.01. The number of carbonyl (C=O) groups excluding carboxylic acids is 2. The summed E-state index contributed by atoms with van der Waals surface area (Å²) >= 11 is 1.61. The average Bonchev–Trinajstić information content (AvgIpc) is 3.60. The van der Waals surface area contributed by atoms with E-state index in [4.69, 9.17) is 15.2 Å². The summed E-state index contributed by atoms with van der Waals surface area (Å²) in [4.78, 5) is 24.8. The predicted molar refractivity (Wildman–Crippen MR) is 202 cm³/mol. The third-order valence-corrected chi connectivity index (χ3v) is 10.1. The highest BCUT2D eigenvalue weighted by Gasteiger charge is 2.32. The van der Waals surface area contributed by atoms with Crippen molar-refractivity contribution in [2.45, 2.75) is 68.9 Å². The average molecular weight is 721 g/mol. The van der Waals surface area contributed by atoms with Crippen molar-refractivity contribution in [3.63, 3.8) is 0 Å². The first-order valence-corrected chi connectivity index (χ1v) is 18.4. The number of nitrogen functional groups attached to an aromatic ring is 1. The SMILES string of the molecule is Cn1cnnc1SCC1CC(c2ccc(CO)cc2)OC(c2ccc(-c3cccc(CNC(=O)CCCCC(=O)Nc4ccccc4N)c3)cc2)O1. The van der Waals surface area contributed by atoms with E-state index in [0.717, 1.165) is 38.5 Å². The number of amides is 2. The van der Waals surface area contributed by atoms with E-state index in [2.05, 4.69) is 39.0 Å². The summed E-state index contributed by atoms with van der Waals surface area (Å²) in [6.45, 7) is 0.407. The molecule has 0 bridgehead atoms. The van der Waals surface area contributed by atoms with Crippen molar-refractivity contribution in [3.05, 3.63) is 126 Å². The Bertz CT molecular complexity index is 1930. The van der Waals surface area contributed by atoms with Gasteiger partial charge in [-0.3, -0.25) is 9.59 Å². The van der Waals surface area contributed by atoms with Crippen LogP contribution in [0.3, 0.4) is 0 Å². The molecule has 270 valence electrons. The van der Waals surface area contributed by atoms with Crippen molar-refractivity contribution in [1.82, 2.24) is 20.1 Å². The topological polar surface area (TPSA) is 154 Å². The quantitative estimate of drug-likeness (QED) is 0.0525. The van der Waals surface area contributed by atoms with Gasteiger partial charge in [0.25, 0.3) is 0 Å². The Morgan fingerprint density at radius 2 is 1.63 bits per heavy atom. The Morgan fingerprint density at radius 1 is 0.885 bits per heavy atom. The second-order valence-electron chi connectivity index (χ2n) is 12.8. The third-order valence-electron chi connectivity index (χ3n) is 8.91. The number of nitrogens with one attached hydrogen (secondary N) is 2. The van der Waals surface area contributed by atoms with Crippen LogP contribution >= 0.6 is 11.8 Å². The number of aryl methyl sites for hydroxylation is 1. The first-order valence-electron chi connectivity index (χ1n) is 17.4. The largest absolute Gasteiger partial charge is 0.397 e. The van der Waals surface area contributed by atoms with Gasteiger partial charge in [-0.25, -0.2) is 0 Å². The number of aliphatic hydroxyl groups excluding tert-OH is 1. The minimum Gasteiger partial charge on any atom is -0.397 e. The lowest BCUT2D eigenvalue weighted by Gasteiger charge is -2.36. The molecular formula is C40H44N6O5S. The number of rotatable bonds is 15. The van der Waals surface area contributed by atoms with Crippen molar-refractivity contribution >= 4 is 35.0 Å². The zero-order chi connectivity index (χ0) is 36.3. The summed E-state index contributed by atoms with van der Waals surface area (Å²) < 4.78 is 14.9. The fraction of sp³-hybridized carbons (Fsp3) is 0.300. The summed E-state index contributed by atoms with van der Waals surface area (Å²) in [5.74, 6) is 0.529. The Labute approximate surface area is 307 Å². The predicted octanol–water partition coefficient (Wildman–Crippen LogP) is 6.71. The molecule has 52 heavy (non-hydrogen) atoms. The van der Waals surface area contributed by atoms with E-state index in [-0.39, 0.29) is 30.6 Å². The van der Waals surface area contributed by atoms with Crippen LogP contribution in [0.5, 0.6) is 0 Å². The van der Waals surface area contributed by atoms with E-state index in [1.54, 1.807) is 30.2 Å². The summed E-state index contributed by atoms with van der Waals surface area (Å²) in [6.07, 6.45) is 3.43. The fourth-order valence-electron chi connectivity index (χ4n) is 5.97. The summed E-state index contributed by atoms with van der Waals surface area (Å²) in [5, 5.41) is 24.4. The van der Waals surface area contributed by atoms with E-state index in [1.807, 2.05) is 78.3 Å². The van der Waals surface area contributed by atoms with Crippen molar-refractivity contribution in [1.29, 1.82) is 0 Å². The van der Waals surface area contributed by atoms with Gasteiger partial charge >= 0.3 is 0 Å². The Morgan fingerprint density at radius 3 is 2.37 bits per heavy atom. The number of nitrogens with zero attached hydrogens (tertiary/aromatic N) is 3. The number of benzene rings is 4. The molecule has 12 heteroatoms. The Kier molecular flexibility index (Phi) is 12.7. The van der Waals surface area contributed by atoms with Crippen LogP contribution in [-0.2, 0) is 39.3 Å². The molecule has 11 nitrogen and oxygen atoms in total. The lowest BCUT2D eigenvalue weighted by molar-refractivity contribution is -0.245. The molecule has 1 aliphatic rings. The minimum atomic E-state index is -0.561. The van der Waals surface area contributed by atoms with Gasteiger partial charge in [-0.1, -0.05) is 90.6 Å². The van der Waals surface area contributed by atoms with Crippen LogP contribution in [0.1, 0.15) is 66.8 Å². The number of nitrogens with two attached hydrogens (primary N) is 1. The van der Waals surface area contributed by atoms with Gasteiger partial charge in [-0.2, -0.15) is 0 Å². The smallest absolute Gasteiger partial charge is 0.224 e. The van der Waals surface area contributed by atoms with Crippen molar-refractivity contribution in [2.24, 2.45) is 7.05 Å². The van der Waals surface area contributed by atoms with Gasteiger partial charge in [0.2, 0.25) is 11.8 Å². The first kappa shape index (κ1) is 36.8. The molecule has 5 N–H and O–H groups in total. The number of aromatic nitrogens is 3. The van der Waals surface area contributed by atoms with E-state index in [0.29, 0.717) is 55.8 Å². The number of ether oxygens (including phenoxy) is 2. The number of hydrogen-bond acceptors (Lipinski definition) is 9. The maximum atomic E-state index is 12.6. The van der Waals surface area contributed by atoms with Crippen LogP contribution in [0.25, 0.3) is 11.1 Å². The molecule has 6 rings (SSSR count). The van der Waals surface area contributed by atoms with Crippen LogP contribution in [0.4, 0.5) is 11.4 Å². The maximum absolute atomic E-state index is 12.6. The van der Waals surface area contributed by atoms with Crippen LogP contribution < -0.4 is 16.4 Å². The second kappa shape index (κ2) is 18.0. The molecule has 4 aromatic carbocycles. The van der Waals surface area contributed by atoms with Gasteiger partial charge in [0.05, 0.1) is 30.2 Å². The Balaban J connectivity index is 1.02. The number of hydrogen-bond donors (Lipinski definition) is 4. The van der Waals surface area contributed by atoms with Crippen LogP contribution in [0.15, 0.2) is 109 Å². The number of unbranched alkanes of at least 4 members (excludes halogenated alkanes) is 1. The monoisotopic (exact) mass is 720 g/mol. The van der Waals surface area contributed by atoms with Gasteiger partial charge in [-0.15, -0.1) is 10.2 Å². The first-order chi connectivity index (χ1) is 25.3. The summed E-state index contributed by atoms with van der Waals surface area (Å²) in [5.41, 5.74) is 12.9. The van der Waals surface area contributed by atoms with E-state index >= 15 is 0 Å². The van der Waals surface area contributed by atoms with Gasteiger partial charge in [0.15, 0.2) is 11.4 Å². The molecule has 5 aromatic rings. The minimum absolute atomic E-state index is 0.00599. The van der Waals surface area contributed by atoms with E-state index < -0.39 is 6.29 Å². The molecule has 2 amide bonds. The number of anilines is 2. The van der Waals surface area contributed by atoms with Crippen LogP contribution in [-0.4, -0.2) is 43.5 Å². The molecule has 0 spiro atoms. The second-order valence-corrected chi connectivity index (χ2v) is 13.8. The third kappa shape index (κ3) is 10.1. The highest BCUT2D eigenvalue weighted by atomic mass is 32.2. The highest BCUT2D eigenvalue weighted by Crippen LogP contribution is 2.39. The molecule has 0 radical (unpaired) electrons. The zero-order valence-electron chi connectivity index (χ0n) is 29.1. The van der Waals surface area contributed by atoms with Crippen molar-refractivity contribution in [3.8, 4) is 11.1 Å². The van der Waals surface area contributed by atoms with Crippen molar-refractivity contribution < 1.29 is 24.2 Å². The van der Waals surface area contributed by atoms with Crippen LogP contribution in [0, 0.1) is 0 Å². The molecule has 2 heterocycles.